The number of hydrogen-bond acceptors (Lipinski definition) is 7. The van der Waals surface area contributed by atoms with E-state index in [0.29, 0.717) is 18.5 Å². The van der Waals surface area contributed by atoms with Crippen molar-refractivity contribution in [2.75, 3.05) is 39.9 Å². The van der Waals surface area contributed by atoms with Gasteiger partial charge in [0.2, 0.25) is 17.7 Å². The number of methoxy groups -OCH3 is 1. The molecular formula is C18H24N6O5. The second-order valence-corrected chi connectivity index (χ2v) is 6.91. The quantitative estimate of drug-likeness (QED) is 0.590. The molecule has 0 spiro atoms. The van der Waals surface area contributed by atoms with Crippen LogP contribution in [0, 0.1) is 0 Å². The van der Waals surface area contributed by atoms with E-state index in [1.807, 2.05) is 0 Å². The van der Waals surface area contributed by atoms with E-state index in [-0.39, 0.29) is 44.0 Å². The summed E-state index contributed by atoms with van der Waals surface area (Å²) < 4.78 is 4.91. The molecule has 0 saturated carbocycles. The van der Waals surface area contributed by atoms with Gasteiger partial charge in [-0.15, -0.1) is 0 Å². The number of rotatable bonds is 5. The lowest BCUT2D eigenvalue weighted by Crippen LogP contribution is -2.64. The maximum Gasteiger partial charge on any atom is 0.257 e. The second-order valence-electron chi connectivity index (χ2n) is 6.91. The molecule has 4 amide bonds. The third kappa shape index (κ3) is 4.86. The number of amides is 4. The molecule has 11 heteroatoms. The Morgan fingerprint density at radius 3 is 2.72 bits per heavy atom. The topological polar surface area (TPSA) is 134 Å². The average Bonchev–Trinajstić information content (AvgIpc) is 2.75. The largest absolute Gasteiger partial charge is 0.375 e. The lowest BCUT2D eigenvalue weighted by Gasteiger charge is -2.41. The van der Waals surface area contributed by atoms with Gasteiger partial charge >= 0.3 is 0 Å². The number of piperazine rings is 1. The standard InChI is InChI=1S/C18H24N6O5/c1-29-10-15(25)24-6-5-23(18(28)12-7-19-11-20-8-12)9-14(24)17(27)22-13-3-2-4-21-16(13)26/h7-8,11,13-14H,2-6,9-10H2,1H3,(H,21,26)(H,22,27). The Kier molecular flexibility index (Phi) is 6.70. The van der Waals surface area contributed by atoms with E-state index in [1.54, 1.807) is 0 Å². The molecule has 2 N–H and O–H groups in total. The molecule has 2 unspecified atom stereocenters. The molecule has 0 aromatic carbocycles. The number of carbonyl (C=O) groups is 4. The van der Waals surface area contributed by atoms with Gasteiger partial charge in [-0.3, -0.25) is 19.2 Å². The molecule has 0 bridgehead atoms. The molecule has 2 atom stereocenters. The van der Waals surface area contributed by atoms with Crippen LogP contribution in [0.3, 0.4) is 0 Å². The minimum Gasteiger partial charge on any atom is -0.375 e. The lowest BCUT2D eigenvalue weighted by atomic mass is 10.0. The van der Waals surface area contributed by atoms with Gasteiger partial charge in [-0.05, 0) is 12.8 Å². The molecule has 1 aromatic rings. The molecule has 2 saturated heterocycles. The van der Waals surface area contributed by atoms with E-state index in [1.165, 1.54) is 35.6 Å². The Balaban J connectivity index is 1.75. The summed E-state index contributed by atoms with van der Waals surface area (Å²) in [4.78, 5) is 60.7. The molecule has 2 aliphatic heterocycles. The summed E-state index contributed by atoms with van der Waals surface area (Å²) in [5.41, 5.74) is 0.301. The van der Waals surface area contributed by atoms with E-state index < -0.39 is 18.0 Å². The number of piperidine rings is 1. The smallest absolute Gasteiger partial charge is 0.257 e. The Hall–Kier alpha value is -3.08. The van der Waals surface area contributed by atoms with Crippen LogP contribution in [0.15, 0.2) is 18.7 Å². The van der Waals surface area contributed by atoms with Gasteiger partial charge < -0.3 is 25.2 Å². The van der Waals surface area contributed by atoms with E-state index in [2.05, 4.69) is 20.6 Å². The summed E-state index contributed by atoms with van der Waals surface area (Å²) in [6.07, 6.45) is 5.41. The third-order valence-electron chi connectivity index (χ3n) is 4.97. The Labute approximate surface area is 167 Å². The van der Waals surface area contributed by atoms with Crippen molar-refractivity contribution in [1.82, 2.24) is 30.4 Å². The summed E-state index contributed by atoms with van der Waals surface area (Å²) in [6.45, 7) is 0.847. The number of nitrogens with one attached hydrogen (secondary N) is 2. The van der Waals surface area contributed by atoms with Crippen LogP contribution in [0.4, 0.5) is 0 Å². The zero-order valence-corrected chi connectivity index (χ0v) is 16.2. The zero-order valence-electron chi connectivity index (χ0n) is 16.2. The fourth-order valence-electron chi connectivity index (χ4n) is 3.47. The highest BCUT2D eigenvalue weighted by molar-refractivity contribution is 5.96. The predicted molar refractivity (Wildman–Crippen MR) is 99.5 cm³/mol. The Bertz CT molecular complexity index is 773. The van der Waals surface area contributed by atoms with Crippen LogP contribution in [0.1, 0.15) is 23.2 Å². The first-order valence-electron chi connectivity index (χ1n) is 9.42. The Morgan fingerprint density at radius 1 is 1.28 bits per heavy atom. The van der Waals surface area contributed by atoms with Crippen LogP contribution in [-0.4, -0.2) is 95.4 Å². The van der Waals surface area contributed by atoms with Gasteiger partial charge in [0.1, 0.15) is 25.0 Å². The van der Waals surface area contributed by atoms with E-state index in [4.69, 9.17) is 4.74 Å². The molecular weight excluding hydrogens is 380 g/mol. The molecule has 0 radical (unpaired) electrons. The van der Waals surface area contributed by atoms with Gasteiger partial charge in [-0.2, -0.15) is 0 Å². The first-order chi connectivity index (χ1) is 14.0. The van der Waals surface area contributed by atoms with Crippen molar-refractivity contribution in [3.63, 3.8) is 0 Å². The molecule has 156 valence electrons. The van der Waals surface area contributed by atoms with Crippen LogP contribution in [0.25, 0.3) is 0 Å². The summed E-state index contributed by atoms with van der Waals surface area (Å²) >= 11 is 0. The first kappa shape index (κ1) is 20.6. The highest BCUT2D eigenvalue weighted by atomic mass is 16.5. The highest BCUT2D eigenvalue weighted by Gasteiger charge is 2.38. The molecule has 11 nitrogen and oxygen atoms in total. The van der Waals surface area contributed by atoms with Crippen LogP contribution >= 0.6 is 0 Å². The minimum atomic E-state index is -0.922. The van der Waals surface area contributed by atoms with Crippen molar-refractivity contribution >= 4 is 23.6 Å². The van der Waals surface area contributed by atoms with Gasteiger partial charge in [0.25, 0.3) is 5.91 Å². The number of hydrogen-bond donors (Lipinski definition) is 2. The van der Waals surface area contributed by atoms with Crippen LogP contribution in [0.5, 0.6) is 0 Å². The van der Waals surface area contributed by atoms with E-state index >= 15 is 0 Å². The molecule has 0 aliphatic carbocycles. The number of nitrogens with zero attached hydrogens (tertiary/aromatic N) is 4. The minimum absolute atomic E-state index is 0.00333. The van der Waals surface area contributed by atoms with Crippen molar-refractivity contribution in [2.24, 2.45) is 0 Å². The Morgan fingerprint density at radius 2 is 2.03 bits per heavy atom. The van der Waals surface area contributed by atoms with Crippen molar-refractivity contribution in [3.05, 3.63) is 24.3 Å². The predicted octanol–water partition coefficient (Wildman–Crippen LogP) is -1.83. The summed E-state index contributed by atoms with van der Waals surface area (Å²) in [5, 5.41) is 5.43. The van der Waals surface area contributed by atoms with Gasteiger partial charge in [0.15, 0.2) is 0 Å². The zero-order chi connectivity index (χ0) is 20.8. The lowest BCUT2D eigenvalue weighted by molar-refractivity contribution is -0.147. The monoisotopic (exact) mass is 404 g/mol. The maximum atomic E-state index is 12.9. The van der Waals surface area contributed by atoms with Crippen LogP contribution < -0.4 is 10.6 Å². The maximum absolute atomic E-state index is 12.9. The van der Waals surface area contributed by atoms with Gasteiger partial charge in [0.05, 0.1) is 12.1 Å². The van der Waals surface area contributed by atoms with Gasteiger partial charge in [0, 0.05) is 39.1 Å². The molecule has 3 rings (SSSR count). The first-order valence-corrected chi connectivity index (χ1v) is 9.42. The van der Waals surface area contributed by atoms with Crippen molar-refractivity contribution < 1.29 is 23.9 Å². The van der Waals surface area contributed by atoms with Crippen molar-refractivity contribution in [1.29, 1.82) is 0 Å². The summed E-state index contributed by atoms with van der Waals surface area (Å²) in [5.74, 6) is -1.39. The van der Waals surface area contributed by atoms with Gasteiger partial charge in [-0.1, -0.05) is 0 Å². The normalized spacial score (nSPS) is 22.0. The highest BCUT2D eigenvalue weighted by Crippen LogP contribution is 2.15. The van der Waals surface area contributed by atoms with Crippen LogP contribution in [-0.2, 0) is 19.1 Å². The van der Waals surface area contributed by atoms with E-state index in [0.717, 1.165) is 6.42 Å². The number of ether oxygens (including phenoxy) is 1. The molecule has 1 aromatic heterocycles. The SMILES string of the molecule is COCC(=O)N1CCN(C(=O)c2cncnc2)CC1C(=O)NC1CCCNC1=O. The van der Waals surface area contributed by atoms with Gasteiger partial charge in [-0.25, -0.2) is 9.97 Å². The third-order valence-corrected chi connectivity index (χ3v) is 4.97. The molecule has 29 heavy (non-hydrogen) atoms. The summed E-state index contributed by atoms with van der Waals surface area (Å²) in [6, 6.07) is -1.57. The summed E-state index contributed by atoms with van der Waals surface area (Å²) in [7, 11) is 1.40. The van der Waals surface area contributed by atoms with Crippen molar-refractivity contribution in [2.45, 2.75) is 24.9 Å². The molecule has 3 heterocycles. The van der Waals surface area contributed by atoms with Crippen LogP contribution in [0.2, 0.25) is 0 Å². The fraction of sp³-hybridized carbons (Fsp3) is 0.556. The van der Waals surface area contributed by atoms with Crippen molar-refractivity contribution in [3.8, 4) is 0 Å². The second kappa shape index (κ2) is 9.41. The number of aromatic nitrogens is 2. The molecule has 2 aliphatic rings. The van der Waals surface area contributed by atoms with E-state index in [9.17, 15) is 19.2 Å². The molecule has 2 fully saturated rings. The average molecular weight is 404 g/mol. The fourth-order valence-corrected chi connectivity index (χ4v) is 3.47. The number of carbonyl (C=O) groups excluding carboxylic acids is 4.